The minimum atomic E-state index is -5.88. The van der Waals surface area contributed by atoms with Crippen molar-refractivity contribution in [1.82, 2.24) is 14.7 Å². The Morgan fingerprint density at radius 2 is 1.84 bits per heavy atom. The third-order valence-electron chi connectivity index (χ3n) is 6.14. The summed E-state index contributed by atoms with van der Waals surface area (Å²) in [6.45, 7) is 8.64. The molecule has 1 aliphatic heterocycles. The van der Waals surface area contributed by atoms with E-state index >= 15 is 0 Å². The van der Waals surface area contributed by atoms with Crippen LogP contribution in [-0.4, -0.2) is 55.6 Å². The van der Waals surface area contributed by atoms with Crippen molar-refractivity contribution >= 4 is 44.9 Å². The Hall–Kier alpha value is -2.64. The number of rotatable bonds is 9. The van der Waals surface area contributed by atoms with Crippen LogP contribution in [0.5, 0.6) is 0 Å². The molecular weight excluding hydrogens is 547 g/mol. The van der Waals surface area contributed by atoms with Crippen LogP contribution in [0.25, 0.3) is 0 Å². The van der Waals surface area contributed by atoms with Crippen LogP contribution in [0.15, 0.2) is 30.6 Å². The summed E-state index contributed by atoms with van der Waals surface area (Å²) in [6, 6.07) is 4.98. The molecule has 0 aliphatic carbocycles. The molecule has 2 aromatic rings. The van der Waals surface area contributed by atoms with E-state index in [0.717, 1.165) is 17.6 Å². The second kappa shape index (κ2) is 11.6. The van der Waals surface area contributed by atoms with Crippen LogP contribution in [0, 0.1) is 5.92 Å². The van der Waals surface area contributed by atoms with Gasteiger partial charge in [0.15, 0.2) is 5.82 Å². The van der Waals surface area contributed by atoms with Crippen molar-refractivity contribution in [2.75, 3.05) is 30.0 Å². The molecule has 38 heavy (non-hydrogen) atoms. The lowest BCUT2D eigenvalue weighted by molar-refractivity contribution is -0.124. The minimum absolute atomic E-state index is 0.122. The van der Waals surface area contributed by atoms with Crippen molar-refractivity contribution in [2.24, 2.45) is 5.92 Å². The van der Waals surface area contributed by atoms with Gasteiger partial charge in [0.1, 0.15) is 5.82 Å². The summed E-state index contributed by atoms with van der Waals surface area (Å²) >= 11 is 5.96. The van der Waals surface area contributed by atoms with E-state index in [1.54, 1.807) is 18.2 Å². The van der Waals surface area contributed by atoms with Gasteiger partial charge in [0, 0.05) is 38.2 Å². The van der Waals surface area contributed by atoms with Crippen LogP contribution in [0.3, 0.4) is 0 Å². The first-order valence-electron chi connectivity index (χ1n) is 12.0. The summed E-state index contributed by atoms with van der Waals surface area (Å²) < 4.78 is 68.5. The maximum Gasteiger partial charge on any atom is 0.516 e. The van der Waals surface area contributed by atoms with Gasteiger partial charge in [-0.3, -0.25) is 4.79 Å². The van der Waals surface area contributed by atoms with Gasteiger partial charge < -0.3 is 15.0 Å². The third kappa shape index (κ3) is 7.06. The van der Waals surface area contributed by atoms with Gasteiger partial charge in [-0.05, 0) is 56.4 Å². The van der Waals surface area contributed by atoms with Crippen LogP contribution in [0.2, 0.25) is 5.02 Å². The van der Waals surface area contributed by atoms with E-state index in [9.17, 15) is 26.4 Å². The van der Waals surface area contributed by atoms with Crippen LogP contribution in [0.1, 0.15) is 46.1 Å². The van der Waals surface area contributed by atoms with Crippen LogP contribution >= 0.6 is 11.6 Å². The number of sulfonamides is 1. The zero-order chi connectivity index (χ0) is 28.3. The molecule has 210 valence electrons. The highest BCUT2D eigenvalue weighted by molar-refractivity contribution is 7.90. The Morgan fingerprint density at radius 3 is 2.39 bits per heavy atom. The van der Waals surface area contributed by atoms with Gasteiger partial charge in [0.25, 0.3) is 0 Å². The molecule has 0 aromatic carbocycles. The Bertz CT molecular complexity index is 1230. The Balaban J connectivity index is 2.07. The maximum absolute atomic E-state index is 12.9. The highest BCUT2D eigenvalue weighted by atomic mass is 35.5. The number of ether oxygens (including phenoxy) is 1. The van der Waals surface area contributed by atoms with Crippen LogP contribution in [0.4, 0.5) is 30.5 Å². The van der Waals surface area contributed by atoms with E-state index in [0.29, 0.717) is 42.1 Å². The molecule has 1 aliphatic rings. The first kappa shape index (κ1) is 29.9. The summed E-state index contributed by atoms with van der Waals surface area (Å²) in [5, 5.41) is 3.61. The van der Waals surface area contributed by atoms with Gasteiger partial charge in [-0.15, -0.1) is 0 Å². The average molecular weight is 578 g/mol. The highest BCUT2D eigenvalue weighted by Crippen LogP contribution is 2.35. The number of anilines is 3. The van der Waals surface area contributed by atoms with E-state index in [4.69, 9.17) is 16.3 Å². The van der Waals surface area contributed by atoms with Gasteiger partial charge in [0.2, 0.25) is 5.91 Å². The first-order chi connectivity index (χ1) is 17.6. The van der Waals surface area contributed by atoms with Gasteiger partial charge in [-0.2, -0.15) is 21.6 Å². The summed E-state index contributed by atoms with van der Waals surface area (Å²) in [4.78, 5) is 23.8. The molecule has 2 N–H and O–H groups in total. The Kier molecular flexibility index (Phi) is 9.15. The van der Waals surface area contributed by atoms with E-state index in [1.165, 1.54) is 26.2 Å². The summed E-state index contributed by atoms with van der Waals surface area (Å²) in [5.41, 5.74) is -6.67. The summed E-state index contributed by atoms with van der Waals surface area (Å²) in [7, 11) is -5.88. The van der Waals surface area contributed by atoms with Gasteiger partial charge in [-0.25, -0.2) is 14.7 Å². The van der Waals surface area contributed by atoms with E-state index in [-0.39, 0.29) is 17.5 Å². The van der Waals surface area contributed by atoms with Crippen LogP contribution < -0.4 is 14.9 Å². The fourth-order valence-corrected chi connectivity index (χ4v) is 4.67. The predicted molar refractivity (Wildman–Crippen MR) is 139 cm³/mol. The third-order valence-corrected chi connectivity index (χ3v) is 7.43. The SMILES string of the molecule is CC(C)CN(c1ncc(C(C)(C)C(=O)NS(=O)(=O)C(F)(F)F)cc1Nc1ccc(Cl)cn1)C1CCOCC1. The number of carbonyl (C=O) groups excluding carboxylic acids is 1. The second-order valence-electron chi connectivity index (χ2n) is 9.98. The maximum atomic E-state index is 12.9. The number of halogens is 4. The predicted octanol–water partition coefficient (Wildman–Crippen LogP) is 4.76. The zero-order valence-electron chi connectivity index (χ0n) is 21.5. The molecule has 1 saturated heterocycles. The number of alkyl halides is 3. The fraction of sp³-hybridized carbons (Fsp3) is 0.542. The molecule has 9 nitrogen and oxygen atoms in total. The van der Waals surface area contributed by atoms with Crippen molar-refractivity contribution in [3.63, 3.8) is 0 Å². The molecule has 1 amide bonds. The number of nitrogens with one attached hydrogen (secondary N) is 2. The van der Waals surface area contributed by atoms with Gasteiger partial charge in [0.05, 0.1) is 16.1 Å². The Labute approximate surface area is 225 Å². The van der Waals surface area contributed by atoms with E-state index < -0.39 is 26.9 Å². The van der Waals surface area contributed by atoms with Crippen LogP contribution in [-0.2, 0) is 25.0 Å². The topological polar surface area (TPSA) is 114 Å². The number of amides is 1. The molecule has 1 fully saturated rings. The van der Waals surface area contributed by atoms with Gasteiger partial charge in [-0.1, -0.05) is 25.4 Å². The number of nitrogens with zero attached hydrogens (tertiary/aromatic N) is 3. The van der Waals surface area contributed by atoms with E-state index in [1.807, 2.05) is 0 Å². The largest absolute Gasteiger partial charge is 0.516 e. The minimum Gasteiger partial charge on any atom is -0.381 e. The van der Waals surface area contributed by atoms with Crippen molar-refractivity contribution in [2.45, 2.75) is 57.5 Å². The number of hydrogen-bond acceptors (Lipinski definition) is 8. The number of aromatic nitrogens is 2. The molecule has 0 atom stereocenters. The molecule has 3 rings (SSSR count). The lowest BCUT2D eigenvalue weighted by Crippen LogP contribution is -2.47. The van der Waals surface area contributed by atoms with E-state index in [2.05, 4.69) is 34.0 Å². The number of carbonyl (C=O) groups is 1. The highest BCUT2D eigenvalue weighted by Gasteiger charge is 2.49. The lowest BCUT2D eigenvalue weighted by atomic mass is 9.84. The van der Waals surface area contributed by atoms with Crippen molar-refractivity contribution < 1.29 is 31.1 Å². The fourth-order valence-electron chi connectivity index (χ4n) is 3.95. The lowest BCUT2D eigenvalue weighted by Gasteiger charge is -2.37. The molecule has 0 saturated carbocycles. The standard InChI is InChI=1S/C24H31ClF3N5O4S/c1-15(2)14-33(18-7-9-37-10-8-18)21-19(31-20-6-5-17(25)13-29-20)11-16(12-30-21)23(3,4)22(34)32-38(35,36)24(26,27)28/h5-6,11-13,15,18H,7-10,14H2,1-4H3,(H,29,31)(H,32,34). The van der Waals surface area contributed by atoms with Crippen molar-refractivity contribution in [3.05, 3.63) is 41.2 Å². The van der Waals surface area contributed by atoms with Crippen molar-refractivity contribution in [1.29, 1.82) is 0 Å². The molecule has 14 heteroatoms. The number of hydrogen-bond donors (Lipinski definition) is 2. The quantitative estimate of drug-likeness (QED) is 0.439. The molecule has 0 radical (unpaired) electrons. The normalized spacial score (nSPS) is 15.4. The summed E-state index contributed by atoms with van der Waals surface area (Å²) in [6.07, 6.45) is 4.38. The second-order valence-corrected chi connectivity index (χ2v) is 12.1. The summed E-state index contributed by atoms with van der Waals surface area (Å²) in [5.74, 6) is -0.0859. The number of pyridine rings is 2. The smallest absolute Gasteiger partial charge is 0.381 e. The Morgan fingerprint density at radius 1 is 1.18 bits per heavy atom. The average Bonchev–Trinajstić information content (AvgIpc) is 2.83. The monoisotopic (exact) mass is 577 g/mol. The van der Waals surface area contributed by atoms with Crippen molar-refractivity contribution in [3.8, 4) is 0 Å². The molecule has 0 spiro atoms. The molecule has 0 bridgehead atoms. The zero-order valence-corrected chi connectivity index (χ0v) is 23.0. The molecule has 2 aromatic heterocycles. The molecule has 3 heterocycles. The van der Waals surface area contributed by atoms with Gasteiger partial charge >= 0.3 is 15.5 Å². The molecular formula is C24H31ClF3N5O4S. The first-order valence-corrected chi connectivity index (χ1v) is 13.8. The molecule has 0 unspecified atom stereocenters.